The number of hydrogen-bond acceptors (Lipinski definition) is 2. The smallest absolute Gasteiger partial charge is 0.143 e. The maximum Gasteiger partial charge on any atom is 0.143 e. The molecule has 1 aliphatic rings. The van der Waals surface area contributed by atoms with E-state index in [9.17, 15) is 0 Å². The fourth-order valence-corrected chi connectivity index (χ4v) is 10.7. The van der Waals surface area contributed by atoms with E-state index >= 15 is 0 Å². The lowest BCUT2D eigenvalue weighted by molar-refractivity contribution is 0.660. The van der Waals surface area contributed by atoms with Crippen molar-refractivity contribution in [3.05, 3.63) is 169 Å². The summed E-state index contributed by atoms with van der Waals surface area (Å²) < 4.78 is 9.30. The molecule has 2 aromatic heterocycles. The highest BCUT2D eigenvalue weighted by atomic mass is 32.1. The van der Waals surface area contributed by atoms with Gasteiger partial charge in [0.2, 0.25) is 0 Å². The molecular formula is C51H32OS. The van der Waals surface area contributed by atoms with Gasteiger partial charge in [0.05, 0.1) is 0 Å². The summed E-state index contributed by atoms with van der Waals surface area (Å²) >= 11 is 1.86. The first-order valence-corrected chi connectivity index (χ1v) is 19.2. The first kappa shape index (κ1) is 29.4. The summed E-state index contributed by atoms with van der Waals surface area (Å²) in [7, 11) is 0. The topological polar surface area (TPSA) is 13.1 Å². The molecule has 0 radical (unpaired) electrons. The Hall–Kier alpha value is -6.22. The molecule has 2 heteroatoms. The maximum atomic E-state index is 6.71. The van der Waals surface area contributed by atoms with Gasteiger partial charge in [0.25, 0.3) is 0 Å². The van der Waals surface area contributed by atoms with Gasteiger partial charge in [-0.1, -0.05) is 135 Å². The van der Waals surface area contributed by atoms with Crippen LogP contribution in [0.3, 0.4) is 0 Å². The molecule has 1 nitrogen and oxygen atoms in total. The van der Waals surface area contributed by atoms with E-state index in [2.05, 4.69) is 172 Å². The second kappa shape index (κ2) is 10.4. The SMILES string of the molecule is CC1(C)c2ccccc2-c2ccc(-c3c4ccccc4c(-c4cc5c6ccccc6oc5c5cc6sc7ccccc7c6cc45)c4ccccc34)cc21. The van der Waals surface area contributed by atoms with Crippen LogP contribution in [-0.4, -0.2) is 0 Å². The average Bonchev–Trinajstić information content (AvgIpc) is 3.83. The van der Waals surface area contributed by atoms with Crippen molar-refractivity contribution in [2.24, 2.45) is 0 Å². The van der Waals surface area contributed by atoms with Crippen molar-refractivity contribution in [1.29, 1.82) is 0 Å². The van der Waals surface area contributed by atoms with Crippen molar-refractivity contribution >= 4 is 85.8 Å². The lowest BCUT2D eigenvalue weighted by Gasteiger charge is -2.23. The van der Waals surface area contributed by atoms with Gasteiger partial charge in [0.1, 0.15) is 11.2 Å². The lowest BCUT2D eigenvalue weighted by atomic mass is 9.80. The van der Waals surface area contributed by atoms with E-state index in [1.165, 1.54) is 91.6 Å². The molecule has 0 spiro atoms. The molecule has 0 unspecified atom stereocenters. The van der Waals surface area contributed by atoms with Crippen LogP contribution in [0.25, 0.3) is 108 Å². The molecule has 0 saturated heterocycles. The van der Waals surface area contributed by atoms with E-state index in [0.717, 1.165) is 27.3 Å². The van der Waals surface area contributed by atoms with E-state index in [1.54, 1.807) is 0 Å². The first-order valence-electron chi connectivity index (χ1n) is 18.4. The highest BCUT2D eigenvalue weighted by Gasteiger charge is 2.35. The van der Waals surface area contributed by atoms with E-state index < -0.39 is 0 Å². The predicted molar refractivity (Wildman–Crippen MR) is 228 cm³/mol. The number of furan rings is 1. The van der Waals surface area contributed by atoms with Gasteiger partial charge >= 0.3 is 0 Å². The normalized spacial score (nSPS) is 13.6. The summed E-state index contributed by atoms with van der Waals surface area (Å²) in [5, 5.41) is 12.3. The molecule has 0 bridgehead atoms. The van der Waals surface area contributed by atoms with Gasteiger partial charge in [-0.05, 0) is 108 Å². The third kappa shape index (κ3) is 3.91. The summed E-state index contributed by atoms with van der Waals surface area (Å²) in [6.45, 7) is 4.74. The second-order valence-electron chi connectivity index (χ2n) is 15.2. The number of para-hydroxylation sites is 1. The molecule has 0 aliphatic heterocycles. The molecule has 0 amide bonds. The number of thiophene rings is 1. The molecule has 0 fully saturated rings. The zero-order valence-corrected chi connectivity index (χ0v) is 30.1. The highest BCUT2D eigenvalue weighted by molar-refractivity contribution is 7.25. The molecule has 0 N–H and O–H groups in total. The average molecular weight is 693 g/mol. The fourth-order valence-electron chi connectivity index (χ4n) is 9.61. The van der Waals surface area contributed by atoms with Gasteiger partial charge in [-0.3, -0.25) is 0 Å². The molecule has 248 valence electrons. The van der Waals surface area contributed by atoms with Gasteiger partial charge in [0.15, 0.2) is 0 Å². The van der Waals surface area contributed by atoms with Crippen molar-refractivity contribution in [2.75, 3.05) is 0 Å². The monoisotopic (exact) mass is 692 g/mol. The van der Waals surface area contributed by atoms with E-state index in [4.69, 9.17) is 4.42 Å². The van der Waals surface area contributed by atoms with E-state index in [-0.39, 0.29) is 5.41 Å². The van der Waals surface area contributed by atoms with Crippen LogP contribution in [0, 0.1) is 0 Å². The number of benzene rings is 9. The van der Waals surface area contributed by atoms with Crippen molar-refractivity contribution in [3.8, 4) is 33.4 Å². The van der Waals surface area contributed by atoms with Crippen LogP contribution in [0.15, 0.2) is 162 Å². The molecule has 11 aromatic rings. The Morgan fingerprint density at radius 2 is 1.00 bits per heavy atom. The lowest BCUT2D eigenvalue weighted by Crippen LogP contribution is -2.14. The molecule has 0 atom stereocenters. The Bertz CT molecular complexity index is 3320. The standard InChI is InChI=1S/C51H32OS/c1-51(2)43-20-10-7-13-30(43)31-24-23-29(25-44(31)51)48-34-16-3-5-18-36(34)49(37-19-6-4-17-35(37)48)40-27-41-32-14-8-11-21-45(32)52-50(41)42-28-47-39(26-38(40)42)33-15-9-12-22-46(33)53-47/h3-28H,1-2H3. The van der Waals surface area contributed by atoms with E-state index in [1.807, 2.05) is 11.3 Å². The van der Waals surface area contributed by atoms with Crippen LogP contribution in [0.5, 0.6) is 0 Å². The van der Waals surface area contributed by atoms with Crippen LogP contribution in [0.1, 0.15) is 25.0 Å². The van der Waals surface area contributed by atoms with Crippen molar-refractivity contribution < 1.29 is 4.42 Å². The minimum Gasteiger partial charge on any atom is -0.455 e. The van der Waals surface area contributed by atoms with E-state index in [0.29, 0.717) is 0 Å². The van der Waals surface area contributed by atoms with Gasteiger partial charge in [0, 0.05) is 41.7 Å². The molecule has 2 heterocycles. The molecule has 53 heavy (non-hydrogen) atoms. The summed E-state index contributed by atoms with van der Waals surface area (Å²) in [6.07, 6.45) is 0. The van der Waals surface area contributed by atoms with Crippen LogP contribution in [0.2, 0.25) is 0 Å². The quantitative estimate of drug-likeness (QED) is 0.164. The molecule has 9 aromatic carbocycles. The zero-order chi connectivity index (χ0) is 35.0. The third-order valence-electron chi connectivity index (χ3n) is 12.0. The van der Waals surface area contributed by atoms with Crippen molar-refractivity contribution in [3.63, 3.8) is 0 Å². The Balaban J connectivity index is 1.22. The van der Waals surface area contributed by atoms with Gasteiger partial charge in [-0.25, -0.2) is 0 Å². The van der Waals surface area contributed by atoms with Crippen LogP contribution < -0.4 is 0 Å². The minimum absolute atomic E-state index is 0.0770. The third-order valence-corrected chi connectivity index (χ3v) is 13.2. The van der Waals surface area contributed by atoms with Gasteiger partial charge in [-0.15, -0.1) is 11.3 Å². The van der Waals surface area contributed by atoms with Crippen molar-refractivity contribution in [2.45, 2.75) is 19.3 Å². The molecule has 0 saturated carbocycles. The molecule has 1 aliphatic carbocycles. The summed E-state index contributed by atoms with van der Waals surface area (Å²) in [6, 6.07) is 58.7. The minimum atomic E-state index is -0.0770. The second-order valence-corrected chi connectivity index (χ2v) is 16.2. The molecule has 12 rings (SSSR count). The van der Waals surface area contributed by atoms with Gasteiger partial charge < -0.3 is 4.42 Å². The first-order chi connectivity index (χ1) is 26.0. The zero-order valence-electron chi connectivity index (χ0n) is 29.3. The number of fused-ring (bicyclic) bond motifs is 13. The van der Waals surface area contributed by atoms with Crippen LogP contribution in [-0.2, 0) is 5.41 Å². The predicted octanol–water partition coefficient (Wildman–Crippen LogP) is 15.1. The maximum absolute atomic E-state index is 6.71. The Morgan fingerprint density at radius 3 is 1.77 bits per heavy atom. The Morgan fingerprint density at radius 1 is 0.396 bits per heavy atom. The van der Waals surface area contributed by atoms with Crippen LogP contribution >= 0.6 is 11.3 Å². The summed E-state index contributed by atoms with van der Waals surface area (Å²) in [4.78, 5) is 0. The summed E-state index contributed by atoms with van der Waals surface area (Å²) in [5.74, 6) is 0. The molecular weight excluding hydrogens is 661 g/mol. The summed E-state index contributed by atoms with van der Waals surface area (Å²) in [5.41, 5.74) is 12.3. The number of hydrogen-bond donors (Lipinski definition) is 0. The Kier molecular flexibility index (Phi) is 5.78. The van der Waals surface area contributed by atoms with Crippen molar-refractivity contribution in [1.82, 2.24) is 0 Å². The van der Waals surface area contributed by atoms with Crippen LogP contribution in [0.4, 0.5) is 0 Å². The van der Waals surface area contributed by atoms with Gasteiger partial charge in [-0.2, -0.15) is 0 Å². The fraction of sp³-hybridized carbons (Fsp3) is 0.0588. The highest BCUT2D eigenvalue weighted by Crippen LogP contribution is 2.52. The Labute approximate surface area is 310 Å². The largest absolute Gasteiger partial charge is 0.455 e. The number of rotatable bonds is 2.